The fourth-order valence-corrected chi connectivity index (χ4v) is 3.19. The molecule has 0 aliphatic carbocycles. The molecule has 0 atom stereocenters. The summed E-state index contributed by atoms with van der Waals surface area (Å²) in [5.74, 6) is -0.159. The molecule has 2 rings (SSSR count). The number of hydrogen-bond donors (Lipinski definition) is 0. The highest BCUT2D eigenvalue weighted by Gasteiger charge is 2.26. The Labute approximate surface area is 157 Å². The Hall–Kier alpha value is -2.19. The van der Waals surface area contributed by atoms with Crippen LogP contribution in [0, 0.1) is 10.1 Å². The molecule has 1 saturated heterocycles. The van der Waals surface area contributed by atoms with Gasteiger partial charge in [0.2, 0.25) is 5.91 Å². The zero-order chi connectivity index (χ0) is 19.3. The number of nitro benzene ring substituents is 1. The highest BCUT2D eigenvalue weighted by atomic mass is 35.5. The van der Waals surface area contributed by atoms with Gasteiger partial charge in [0.05, 0.1) is 22.1 Å². The highest BCUT2D eigenvalue weighted by molar-refractivity contribution is 6.34. The molecule has 0 aromatic heterocycles. The van der Waals surface area contributed by atoms with Crippen molar-refractivity contribution in [3.63, 3.8) is 0 Å². The van der Waals surface area contributed by atoms with Crippen LogP contribution in [0.2, 0.25) is 5.02 Å². The molecule has 2 amide bonds. The van der Waals surface area contributed by atoms with Gasteiger partial charge in [-0.25, -0.2) is 0 Å². The second-order valence-corrected chi connectivity index (χ2v) is 6.46. The zero-order valence-electron chi connectivity index (χ0n) is 15.0. The van der Waals surface area contributed by atoms with Crippen LogP contribution in [0.1, 0.15) is 24.2 Å². The fourth-order valence-electron chi connectivity index (χ4n) is 2.94. The number of non-ortho nitro benzene ring substituents is 1. The van der Waals surface area contributed by atoms with Gasteiger partial charge >= 0.3 is 0 Å². The fraction of sp³-hybridized carbons (Fsp3) is 0.529. The first-order chi connectivity index (χ1) is 12.4. The molecule has 8 nitrogen and oxygen atoms in total. The number of nitrogens with zero attached hydrogens (tertiary/aromatic N) is 4. The quantitative estimate of drug-likeness (QED) is 0.553. The van der Waals surface area contributed by atoms with E-state index in [4.69, 9.17) is 11.6 Å². The number of carbonyl (C=O) groups is 2. The van der Waals surface area contributed by atoms with Gasteiger partial charge in [-0.05, 0) is 19.9 Å². The van der Waals surface area contributed by atoms with Crippen molar-refractivity contribution in [3.05, 3.63) is 38.9 Å². The number of piperazine rings is 1. The maximum Gasteiger partial charge on any atom is 0.270 e. The first-order valence-electron chi connectivity index (χ1n) is 8.60. The van der Waals surface area contributed by atoms with Gasteiger partial charge in [0, 0.05) is 51.4 Å². The van der Waals surface area contributed by atoms with E-state index in [9.17, 15) is 19.7 Å². The van der Waals surface area contributed by atoms with E-state index in [2.05, 4.69) is 0 Å². The van der Waals surface area contributed by atoms with Gasteiger partial charge in [0.15, 0.2) is 0 Å². The minimum absolute atomic E-state index is 0.0725. The van der Waals surface area contributed by atoms with Crippen LogP contribution in [0.4, 0.5) is 5.69 Å². The first kappa shape index (κ1) is 20.1. The van der Waals surface area contributed by atoms with Crippen LogP contribution in [0.25, 0.3) is 0 Å². The van der Waals surface area contributed by atoms with E-state index in [1.165, 1.54) is 18.2 Å². The van der Waals surface area contributed by atoms with Crippen LogP contribution in [-0.4, -0.2) is 77.3 Å². The third-order valence-electron chi connectivity index (χ3n) is 4.53. The van der Waals surface area contributed by atoms with Gasteiger partial charge in [-0.3, -0.25) is 24.6 Å². The van der Waals surface area contributed by atoms with E-state index in [1.54, 1.807) is 9.80 Å². The molecule has 26 heavy (non-hydrogen) atoms. The Bertz CT molecular complexity index is 685. The lowest BCUT2D eigenvalue weighted by Crippen LogP contribution is -2.51. The second-order valence-electron chi connectivity index (χ2n) is 6.06. The number of halogens is 1. The second kappa shape index (κ2) is 8.95. The number of carbonyl (C=O) groups excluding carboxylic acids is 2. The molecule has 1 aromatic carbocycles. The minimum atomic E-state index is -0.550. The van der Waals surface area contributed by atoms with Crippen molar-refractivity contribution >= 4 is 29.1 Å². The van der Waals surface area contributed by atoms with E-state index < -0.39 is 4.92 Å². The smallest absolute Gasteiger partial charge is 0.270 e. The van der Waals surface area contributed by atoms with Gasteiger partial charge < -0.3 is 9.80 Å². The normalized spacial score (nSPS) is 15.0. The van der Waals surface area contributed by atoms with Crippen LogP contribution in [0.15, 0.2) is 18.2 Å². The van der Waals surface area contributed by atoms with Crippen molar-refractivity contribution in [1.29, 1.82) is 0 Å². The Morgan fingerprint density at radius 3 is 2.31 bits per heavy atom. The third kappa shape index (κ3) is 4.70. The Morgan fingerprint density at radius 2 is 1.81 bits per heavy atom. The summed E-state index contributed by atoms with van der Waals surface area (Å²) in [5, 5.41) is 10.8. The molecule has 0 N–H and O–H groups in total. The van der Waals surface area contributed by atoms with Crippen LogP contribution in [-0.2, 0) is 4.79 Å². The molecule has 0 unspecified atom stereocenters. The van der Waals surface area contributed by atoms with Gasteiger partial charge in [0.1, 0.15) is 0 Å². The summed E-state index contributed by atoms with van der Waals surface area (Å²) < 4.78 is 0. The predicted octanol–water partition coefficient (Wildman–Crippen LogP) is 1.87. The third-order valence-corrected chi connectivity index (χ3v) is 4.84. The van der Waals surface area contributed by atoms with Crippen molar-refractivity contribution in [3.8, 4) is 0 Å². The van der Waals surface area contributed by atoms with Gasteiger partial charge in [-0.2, -0.15) is 0 Å². The lowest BCUT2D eigenvalue weighted by molar-refractivity contribution is -0.384. The molecule has 0 bridgehead atoms. The standard InChI is InChI=1S/C17H23ClN4O4/c1-3-20(4-2)16(23)12-19-7-9-21(10-8-19)17(24)14-6-5-13(22(25)26)11-15(14)18/h5-6,11H,3-4,7-10,12H2,1-2H3. The van der Waals surface area contributed by atoms with Crippen LogP contribution in [0.5, 0.6) is 0 Å². The predicted molar refractivity (Wildman–Crippen MR) is 98.4 cm³/mol. The summed E-state index contributed by atoms with van der Waals surface area (Å²) in [5.41, 5.74) is 0.108. The Balaban J connectivity index is 1.94. The van der Waals surface area contributed by atoms with Gasteiger partial charge in [-0.15, -0.1) is 0 Å². The molecule has 1 heterocycles. The molecular weight excluding hydrogens is 360 g/mol. The summed E-state index contributed by atoms with van der Waals surface area (Å²) in [6, 6.07) is 3.85. The van der Waals surface area contributed by atoms with Gasteiger partial charge in [0.25, 0.3) is 11.6 Å². The lowest BCUT2D eigenvalue weighted by Gasteiger charge is -2.35. The molecule has 142 valence electrons. The molecule has 1 fully saturated rings. The number of hydrogen-bond acceptors (Lipinski definition) is 5. The maximum atomic E-state index is 12.6. The minimum Gasteiger partial charge on any atom is -0.342 e. The van der Waals surface area contributed by atoms with E-state index in [0.717, 1.165) is 0 Å². The van der Waals surface area contributed by atoms with E-state index in [1.807, 2.05) is 18.7 Å². The number of rotatable bonds is 6. The maximum absolute atomic E-state index is 12.6. The molecule has 0 saturated carbocycles. The summed E-state index contributed by atoms with van der Waals surface area (Å²) in [6.07, 6.45) is 0. The number of nitro groups is 1. The van der Waals surface area contributed by atoms with Crippen molar-refractivity contribution in [2.75, 3.05) is 45.8 Å². The average molecular weight is 383 g/mol. The average Bonchev–Trinajstić information content (AvgIpc) is 2.62. The molecule has 9 heteroatoms. The van der Waals surface area contributed by atoms with Crippen molar-refractivity contribution in [1.82, 2.24) is 14.7 Å². The topological polar surface area (TPSA) is 87.0 Å². The van der Waals surface area contributed by atoms with Crippen LogP contribution >= 0.6 is 11.6 Å². The summed E-state index contributed by atoms with van der Waals surface area (Å²) in [7, 11) is 0. The SMILES string of the molecule is CCN(CC)C(=O)CN1CCN(C(=O)c2ccc([N+](=O)[O-])cc2Cl)CC1. The summed E-state index contributed by atoms with van der Waals surface area (Å²) >= 11 is 6.04. The molecule has 1 aliphatic rings. The van der Waals surface area contributed by atoms with Crippen molar-refractivity contribution in [2.45, 2.75) is 13.8 Å². The van der Waals surface area contributed by atoms with E-state index in [0.29, 0.717) is 45.8 Å². The molecular formula is C17H23ClN4O4. The Kier molecular flexibility index (Phi) is 6.93. The molecule has 1 aliphatic heterocycles. The Morgan fingerprint density at radius 1 is 1.19 bits per heavy atom. The summed E-state index contributed by atoms with van der Waals surface area (Å²) in [6.45, 7) is 7.79. The highest BCUT2D eigenvalue weighted by Crippen LogP contribution is 2.24. The van der Waals surface area contributed by atoms with E-state index >= 15 is 0 Å². The van der Waals surface area contributed by atoms with Crippen molar-refractivity contribution in [2.24, 2.45) is 0 Å². The van der Waals surface area contributed by atoms with Crippen molar-refractivity contribution < 1.29 is 14.5 Å². The van der Waals surface area contributed by atoms with Crippen LogP contribution in [0.3, 0.4) is 0 Å². The number of amides is 2. The molecule has 0 radical (unpaired) electrons. The monoisotopic (exact) mass is 382 g/mol. The summed E-state index contributed by atoms with van der Waals surface area (Å²) in [4.78, 5) is 40.5. The van der Waals surface area contributed by atoms with Gasteiger partial charge in [-0.1, -0.05) is 11.6 Å². The lowest BCUT2D eigenvalue weighted by atomic mass is 10.1. The number of likely N-dealkylation sites (N-methyl/N-ethyl adjacent to an activating group) is 1. The largest absolute Gasteiger partial charge is 0.342 e. The van der Waals surface area contributed by atoms with Crippen LogP contribution < -0.4 is 0 Å². The first-order valence-corrected chi connectivity index (χ1v) is 8.98. The number of benzene rings is 1. The van der Waals surface area contributed by atoms with E-state index in [-0.39, 0.29) is 28.1 Å². The molecule has 1 aromatic rings. The molecule has 0 spiro atoms. The zero-order valence-corrected chi connectivity index (χ0v) is 15.7.